The summed E-state index contributed by atoms with van der Waals surface area (Å²) in [5, 5.41) is 7.28. The molecule has 1 aromatic heterocycles. The molecule has 1 N–H and O–H groups in total. The molecule has 0 aliphatic carbocycles. The number of amides is 1. The van der Waals surface area contributed by atoms with Gasteiger partial charge in [-0.2, -0.15) is 5.10 Å². The summed E-state index contributed by atoms with van der Waals surface area (Å²) < 4.78 is 6.70. The number of nitrogens with one attached hydrogen (secondary N) is 1. The van der Waals surface area contributed by atoms with Crippen LogP contribution < -0.4 is 5.32 Å². The molecule has 1 rings (SSSR count). The summed E-state index contributed by atoms with van der Waals surface area (Å²) in [6.45, 7) is 12.7. The fourth-order valence-electron chi connectivity index (χ4n) is 2.52. The van der Waals surface area contributed by atoms with Crippen LogP contribution in [0.3, 0.4) is 0 Å². The highest BCUT2D eigenvalue weighted by atomic mass is 16.5. The van der Waals surface area contributed by atoms with E-state index in [0.29, 0.717) is 5.92 Å². The predicted molar refractivity (Wildman–Crippen MR) is 89.0 cm³/mol. The Kier molecular flexibility index (Phi) is 6.79. The summed E-state index contributed by atoms with van der Waals surface area (Å²) in [7, 11) is 1.33. The van der Waals surface area contributed by atoms with Crippen LogP contribution in [0.15, 0.2) is 0 Å². The summed E-state index contributed by atoms with van der Waals surface area (Å²) in [6, 6.07) is -0.626. The lowest BCUT2D eigenvalue weighted by atomic mass is 10.0. The molecule has 6 nitrogen and oxygen atoms in total. The van der Waals surface area contributed by atoms with Crippen molar-refractivity contribution in [2.24, 2.45) is 11.8 Å². The molecule has 1 heterocycles. The number of hydrogen-bond donors (Lipinski definition) is 1. The Labute approximate surface area is 138 Å². The zero-order valence-electron chi connectivity index (χ0n) is 15.3. The Balaban J connectivity index is 2.85. The molecule has 1 aromatic rings. The van der Waals surface area contributed by atoms with Gasteiger partial charge in [-0.3, -0.25) is 9.48 Å². The normalized spacial score (nSPS) is 12.6. The number of hydrogen-bond acceptors (Lipinski definition) is 4. The van der Waals surface area contributed by atoms with Gasteiger partial charge in [-0.1, -0.05) is 27.7 Å². The van der Waals surface area contributed by atoms with Crippen LogP contribution in [-0.2, 0) is 27.3 Å². The minimum absolute atomic E-state index is 0.0303. The summed E-state index contributed by atoms with van der Waals surface area (Å²) >= 11 is 0. The molecule has 23 heavy (non-hydrogen) atoms. The SMILES string of the molecule is COC(=O)[C@@H](NC(=O)Cc1c(C)nn(CC(C)C)c1C)C(C)C. The van der Waals surface area contributed by atoms with Crippen LogP contribution in [0.2, 0.25) is 0 Å². The molecule has 0 bridgehead atoms. The molecule has 0 aliphatic rings. The number of carbonyl (C=O) groups excluding carboxylic acids is 2. The van der Waals surface area contributed by atoms with Gasteiger partial charge in [0, 0.05) is 17.8 Å². The van der Waals surface area contributed by atoms with Crippen molar-refractivity contribution < 1.29 is 14.3 Å². The molecule has 0 saturated heterocycles. The quantitative estimate of drug-likeness (QED) is 0.779. The standard InChI is InChI=1S/C17H29N3O3/c1-10(2)9-20-13(6)14(12(5)19-20)8-15(21)18-16(11(3)4)17(22)23-7/h10-11,16H,8-9H2,1-7H3,(H,18,21)/t16-/m0/s1. The van der Waals surface area contributed by atoms with Crippen molar-refractivity contribution in [3.63, 3.8) is 0 Å². The lowest BCUT2D eigenvalue weighted by molar-refractivity contribution is -0.146. The lowest BCUT2D eigenvalue weighted by Gasteiger charge is -2.19. The molecule has 0 saturated carbocycles. The van der Waals surface area contributed by atoms with Crippen LogP contribution in [-0.4, -0.2) is 34.8 Å². The Morgan fingerprint density at radius 3 is 2.30 bits per heavy atom. The first-order valence-corrected chi connectivity index (χ1v) is 8.07. The smallest absolute Gasteiger partial charge is 0.328 e. The Morgan fingerprint density at radius 2 is 1.83 bits per heavy atom. The van der Waals surface area contributed by atoms with Gasteiger partial charge in [0.15, 0.2) is 0 Å². The second-order valence-corrected chi connectivity index (χ2v) is 6.71. The number of esters is 1. The van der Waals surface area contributed by atoms with Crippen molar-refractivity contribution in [1.29, 1.82) is 0 Å². The van der Waals surface area contributed by atoms with E-state index in [1.807, 2.05) is 32.4 Å². The van der Waals surface area contributed by atoms with Crippen molar-refractivity contribution in [3.8, 4) is 0 Å². The van der Waals surface area contributed by atoms with Crippen LogP contribution in [0.4, 0.5) is 0 Å². The van der Waals surface area contributed by atoms with Crippen LogP contribution in [0.25, 0.3) is 0 Å². The van der Waals surface area contributed by atoms with Gasteiger partial charge < -0.3 is 10.1 Å². The number of carbonyl (C=O) groups is 2. The molecule has 0 unspecified atom stereocenters. The molecule has 0 aliphatic heterocycles. The van der Waals surface area contributed by atoms with Gasteiger partial charge in [0.05, 0.1) is 19.2 Å². The zero-order valence-corrected chi connectivity index (χ0v) is 15.3. The van der Waals surface area contributed by atoms with Crippen molar-refractivity contribution >= 4 is 11.9 Å². The highest BCUT2D eigenvalue weighted by Gasteiger charge is 2.25. The topological polar surface area (TPSA) is 73.2 Å². The van der Waals surface area contributed by atoms with Crippen LogP contribution in [0, 0.1) is 25.7 Å². The molecule has 6 heteroatoms. The summed E-state index contributed by atoms with van der Waals surface area (Å²) in [5.41, 5.74) is 2.79. The summed E-state index contributed by atoms with van der Waals surface area (Å²) in [6.07, 6.45) is 0.218. The second kappa shape index (κ2) is 8.13. The minimum Gasteiger partial charge on any atom is -0.467 e. The number of aromatic nitrogens is 2. The van der Waals surface area contributed by atoms with E-state index in [1.165, 1.54) is 7.11 Å². The maximum absolute atomic E-state index is 12.3. The number of rotatable bonds is 7. The molecule has 1 atom stereocenters. The number of methoxy groups -OCH3 is 1. The average molecular weight is 323 g/mol. The Morgan fingerprint density at radius 1 is 1.22 bits per heavy atom. The van der Waals surface area contributed by atoms with Crippen molar-refractivity contribution in [2.45, 2.75) is 60.5 Å². The van der Waals surface area contributed by atoms with E-state index in [2.05, 4.69) is 24.3 Å². The van der Waals surface area contributed by atoms with E-state index in [4.69, 9.17) is 4.74 Å². The van der Waals surface area contributed by atoms with Crippen LogP contribution in [0.1, 0.15) is 44.6 Å². The van der Waals surface area contributed by atoms with Crippen LogP contribution in [0.5, 0.6) is 0 Å². The van der Waals surface area contributed by atoms with E-state index >= 15 is 0 Å². The number of aryl methyl sites for hydroxylation is 1. The monoisotopic (exact) mass is 323 g/mol. The van der Waals surface area contributed by atoms with Gasteiger partial charge >= 0.3 is 5.97 Å². The highest BCUT2D eigenvalue weighted by Crippen LogP contribution is 2.16. The van der Waals surface area contributed by atoms with E-state index in [-0.39, 0.29) is 18.2 Å². The van der Waals surface area contributed by atoms with E-state index in [9.17, 15) is 9.59 Å². The predicted octanol–water partition coefficient (Wildman–Crippen LogP) is 2.01. The van der Waals surface area contributed by atoms with Gasteiger partial charge in [-0.05, 0) is 25.7 Å². The maximum atomic E-state index is 12.3. The second-order valence-electron chi connectivity index (χ2n) is 6.71. The molecule has 0 fully saturated rings. The molecular formula is C17H29N3O3. The summed E-state index contributed by atoms with van der Waals surface area (Å²) in [5.74, 6) is -0.154. The van der Waals surface area contributed by atoms with Gasteiger partial charge in [0.1, 0.15) is 6.04 Å². The fraction of sp³-hybridized carbons (Fsp3) is 0.706. The average Bonchev–Trinajstić information content (AvgIpc) is 2.70. The zero-order chi connectivity index (χ0) is 17.7. The number of nitrogens with zero attached hydrogens (tertiary/aromatic N) is 2. The minimum atomic E-state index is -0.626. The van der Waals surface area contributed by atoms with Gasteiger partial charge in [0.25, 0.3) is 0 Å². The van der Waals surface area contributed by atoms with Gasteiger partial charge in [-0.25, -0.2) is 4.79 Å². The summed E-state index contributed by atoms with van der Waals surface area (Å²) in [4.78, 5) is 24.1. The first kappa shape index (κ1) is 19.2. The van der Waals surface area contributed by atoms with Crippen molar-refractivity contribution in [1.82, 2.24) is 15.1 Å². The molecule has 1 amide bonds. The van der Waals surface area contributed by atoms with E-state index < -0.39 is 12.0 Å². The third-order valence-electron chi connectivity index (χ3n) is 3.85. The first-order valence-electron chi connectivity index (χ1n) is 8.07. The Hall–Kier alpha value is -1.85. The van der Waals surface area contributed by atoms with Gasteiger partial charge in [-0.15, -0.1) is 0 Å². The third-order valence-corrected chi connectivity index (χ3v) is 3.85. The largest absolute Gasteiger partial charge is 0.467 e. The van der Waals surface area contributed by atoms with Crippen molar-refractivity contribution in [2.75, 3.05) is 7.11 Å². The lowest BCUT2D eigenvalue weighted by Crippen LogP contribution is -2.45. The van der Waals surface area contributed by atoms with Crippen LogP contribution >= 0.6 is 0 Å². The van der Waals surface area contributed by atoms with Crippen molar-refractivity contribution in [3.05, 3.63) is 17.0 Å². The van der Waals surface area contributed by atoms with E-state index in [1.54, 1.807) is 0 Å². The third kappa shape index (κ3) is 5.08. The maximum Gasteiger partial charge on any atom is 0.328 e. The van der Waals surface area contributed by atoms with Gasteiger partial charge in [0.2, 0.25) is 5.91 Å². The first-order chi connectivity index (χ1) is 10.7. The molecule has 130 valence electrons. The molecule has 0 radical (unpaired) electrons. The molecule has 0 aromatic carbocycles. The molecule has 0 spiro atoms. The molecular weight excluding hydrogens is 294 g/mol. The number of ether oxygens (including phenoxy) is 1. The highest BCUT2D eigenvalue weighted by molar-refractivity contribution is 5.86. The fourth-order valence-corrected chi connectivity index (χ4v) is 2.52. The Bertz CT molecular complexity index is 562. The van der Waals surface area contributed by atoms with E-state index in [0.717, 1.165) is 23.5 Å².